The van der Waals surface area contributed by atoms with Gasteiger partial charge in [0, 0.05) is 44.7 Å². The Morgan fingerprint density at radius 3 is 2.36 bits per heavy atom. The van der Waals surface area contributed by atoms with Crippen LogP contribution < -0.4 is 10.5 Å². The maximum absolute atomic E-state index is 12.4. The molecule has 5 nitrogen and oxygen atoms in total. The first-order chi connectivity index (χ1) is 13.8. The van der Waals surface area contributed by atoms with Crippen LogP contribution in [0.3, 0.4) is 0 Å². The number of benzene rings is 2. The molecular weight excluding hydrogens is 388 g/mol. The van der Waals surface area contributed by atoms with E-state index in [9.17, 15) is 4.79 Å². The van der Waals surface area contributed by atoms with Crippen molar-refractivity contribution in [2.45, 2.75) is 13.0 Å². The van der Waals surface area contributed by atoms with Crippen LogP contribution in [0.15, 0.2) is 53.3 Å². The van der Waals surface area contributed by atoms with Crippen LogP contribution in [0.4, 0.5) is 5.82 Å². The van der Waals surface area contributed by atoms with Gasteiger partial charge in [-0.3, -0.25) is 13.7 Å². The molecule has 0 spiro atoms. The number of hydrogen-bond acceptors (Lipinski definition) is 6. The van der Waals surface area contributed by atoms with Crippen LogP contribution in [0, 0.1) is 0 Å². The Labute approximate surface area is 171 Å². The molecular formula is C21H22N4OS2. The minimum absolute atomic E-state index is 0.154. The lowest BCUT2D eigenvalue weighted by atomic mass is 10.2. The third kappa shape index (κ3) is 3.34. The van der Waals surface area contributed by atoms with Crippen molar-refractivity contribution in [1.82, 2.24) is 13.2 Å². The Morgan fingerprint density at radius 1 is 0.857 bits per heavy atom. The zero-order chi connectivity index (χ0) is 18.9. The maximum Gasteiger partial charge on any atom is 0.268 e. The standard InChI is InChI=1S/C21H22N4OS2/c26-21-17-7-2-4-9-19(17)28-25(21)11-5-10-23-12-14-24(15-13-23)20-16-6-1-3-8-18(16)27-22-20/h1-4,6-9H,5,10-15H2. The van der Waals surface area contributed by atoms with E-state index in [1.165, 1.54) is 10.1 Å². The Morgan fingerprint density at radius 2 is 1.57 bits per heavy atom. The second kappa shape index (κ2) is 7.66. The molecule has 0 N–H and O–H groups in total. The monoisotopic (exact) mass is 410 g/mol. The highest BCUT2D eigenvalue weighted by Crippen LogP contribution is 2.29. The molecule has 1 saturated heterocycles. The molecule has 0 aliphatic carbocycles. The summed E-state index contributed by atoms with van der Waals surface area (Å²) in [5, 5.41) is 2.11. The van der Waals surface area contributed by atoms with Crippen molar-refractivity contribution in [3.05, 3.63) is 58.9 Å². The zero-order valence-electron chi connectivity index (χ0n) is 15.6. The van der Waals surface area contributed by atoms with Gasteiger partial charge in [0.2, 0.25) is 0 Å². The Kier molecular flexibility index (Phi) is 4.88. The molecule has 2 aromatic heterocycles. The Balaban J connectivity index is 1.16. The van der Waals surface area contributed by atoms with E-state index in [-0.39, 0.29) is 5.56 Å². The molecule has 0 amide bonds. The molecule has 3 heterocycles. The molecule has 1 aliphatic heterocycles. The molecule has 0 bridgehead atoms. The topological polar surface area (TPSA) is 41.4 Å². The summed E-state index contributed by atoms with van der Waals surface area (Å²) in [7, 11) is 0. The van der Waals surface area contributed by atoms with Crippen LogP contribution >= 0.6 is 23.1 Å². The van der Waals surface area contributed by atoms with E-state index in [1.807, 2.05) is 28.2 Å². The molecule has 1 fully saturated rings. The lowest BCUT2D eigenvalue weighted by molar-refractivity contribution is 0.251. The fourth-order valence-electron chi connectivity index (χ4n) is 3.89. The Hall–Kier alpha value is -2.22. The van der Waals surface area contributed by atoms with Crippen molar-refractivity contribution in [2.24, 2.45) is 0 Å². The van der Waals surface area contributed by atoms with Crippen molar-refractivity contribution >= 4 is 49.1 Å². The van der Waals surface area contributed by atoms with E-state index in [1.54, 1.807) is 23.1 Å². The molecule has 0 atom stereocenters. The van der Waals surface area contributed by atoms with Gasteiger partial charge in [0.25, 0.3) is 5.56 Å². The van der Waals surface area contributed by atoms with Gasteiger partial charge in [-0.15, -0.1) is 0 Å². The minimum atomic E-state index is 0.154. The van der Waals surface area contributed by atoms with Gasteiger partial charge in [0.15, 0.2) is 0 Å². The number of aromatic nitrogens is 2. The largest absolute Gasteiger partial charge is 0.353 e. The molecule has 4 aromatic rings. The van der Waals surface area contributed by atoms with Crippen molar-refractivity contribution in [3.8, 4) is 0 Å². The summed E-state index contributed by atoms with van der Waals surface area (Å²) in [5.74, 6) is 1.14. The molecule has 2 aromatic carbocycles. The van der Waals surface area contributed by atoms with Crippen molar-refractivity contribution in [1.29, 1.82) is 0 Å². The van der Waals surface area contributed by atoms with E-state index in [0.717, 1.165) is 61.6 Å². The van der Waals surface area contributed by atoms with Gasteiger partial charge < -0.3 is 4.90 Å². The maximum atomic E-state index is 12.4. The quantitative estimate of drug-likeness (QED) is 0.501. The third-order valence-electron chi connectivity index (χ3n) is 5.42. The number of hydrogen-bond donors (Lipinski definition) is 0. The van der Waals surface area contributed by atoms with Crippen molar-refractivity contribution in [3.63, 3.8) is 0 Å². The number of piperazine rings is 1. The zero-order valence-corrected chi connectivity index (χ0v) is 17.2. The summed E-state index contributed by atoms with van der Waals surface area (Å²) in [6.45, 7) is 5.95. The molecule has 7 heteroatoms. The fourth-order valence-corrected chi connectivity index (χ4v) is 5.71. The molecule has 0 unspecified atom stereocenters. The first-order valence-electron chi connectivity index (χ1n) is 9.70. The highest BCUT2D eigenvalue weighted by Gasteiger charge is 2.20. The summed E-state index contributed by atoms with van der Waals surface area (Å²) in [5.41, 5.74) is 0.154. The first-order valence-corrected chi connectivity index (χ1v) is 11.2. The molecule has 28 heavy (non-hydrogen) atoms. The Bertz CT molecular complexity index is 1150. The van der Waals surface area contributed by atoms with Gasteiger partial charge >= 0.3 is 0 Å². The second-order valence-electron chi connectivity index (χ2n) is 7.18. The van der Waals surface area contributed by atoms with Gasteiger partial charge in [0.1, 0.15) is 5.82 Å². The van der Waals surface area contributed by atoms with Crippen LogP contribution in [0.2, 0.25) is 0 Å². The molecule has 1 aliphatic rings. The third-order valence-corrected chi connectivity index (χ3v) is 7.36. The summed E-state index contributed by atoms with van der Waals surface area (Å²) in [6.07, 6.45) is 1.01. The average molecular weight is 411 g/mol. The van der Waals surface area contributed by atoms with Crippen LogP contribution in [0.5, 0.6) is 0 Å². The predicted molar refractivity (Wildman–Crippen MR) is 119 cm³/mol. The normalized spacial score (nSPS) is 15.6. The summed E-state index contributed by atoms with van der Waals surface area (Å²) >= 11 is 3.17. The predicted octanol–water partition coefficient (Wildman–Crippen LogP) is 3.89. The minimum Gasteiger partial charge on any atom is -0.353 e. The number of fused-ring (bicyclic) bond motifs is 2. The van der Waals surface area contributed by atoms with Crippen LogP contribution in [-0.4, -0.2) is 46.0 Å². The fraction of sp³-hybridized carbons (Fsp3) is 0.333. The summed E-state index contributed by atoms with van der Waals surface area (Å²) in [6, 6.07) is 16.4. The summed E-state index contributed by atoms with van der Waals surface area (Å²) in [4.78, 5) is 17.4. The van der Waals surface area contributed by atoms with Crippen LogP contribution in [-0.2, 0) is 6.54 Å². The molecule has 5 rings (SSSR count). The number of rotatable bonds is 5. The molecule has 144 valence electrons. The lowest BCUT2D eigenvalue weighted by Gasteiger charge is -2.35. The van der Waals surface area contributed by atoms with E-state index < -0.39 is 0 Å². The van der Waals surface area contributed by atoms with Gasteiger partial charge in [-0.25, -0.2) is 0 Å². The van der Waals surface area contributed by atoms with E-state index in [4.69, 9.17) is 0 Å². The first kappa shape index (κ1) is 17.8. The highest BCUT2D eigenvalue weighted by molar-refractivity contribution is 7.14. The van der Waals surface area contributed by atoms with Gasteiger partial charge in [-0.05, 0) is 42.2 Å². The average Bonchev–Trinajstić information content (AvgIpc) is 3.31. The summed E-state index contributed by atoms with van der Waals surface area (Å²) < 4.78 is 8.93. The lowest BCUT2D eigenvalue weighted by Crippen LogP contribution is -2.47. The molecule has 0 saturated carbocycles. The van der Waals surface area contributed by atoms with E-state index in [2.05, 4.69) is 38.4 Å². The van der Waals surface area contributed by atoms with Crippen molar-refractivity contribution < 1.29 is 0 Å². The second-order valence-corrected chi connectivity index (χ2v) is 9.05. The van der Waals surface area contributed by atoms with E-state index >= 15 is 0 Å². The van der Waals surface area contributed by atoms with Crippen LogP contribution in [0.1, 0.15) is 6.42 Å². The van der Waals surface area contributed by atoms with Gasteiger partial charge in [-0.1, -0.05) is 35.8 Å². The number of aryl methyl sites for hydroxylation is 1. The molecule has 0 radical (unpaired) electrons. The number of anilines is 1. The van der Waals surface area contributed by atoms with Crippen molar-refractivity contribution in [2.75, 3.05) is 37.6 Å². The van der Waals surface area contributed by atoms with Crippen LogP contribution in [0.25, 0.3) is 20.2 Å². The number of nitrogens with zero attached hydrogens (tertiary/aromatic N) is 4. The van der Waals surface area contributed by atoms with E-state index in [0.29, 0.717) is 0 Å². The smallest absolute Gasteiger partial charge is 0.268 e. The van der Waals surface area contributed by atoms with Gasteiger partial charge in [0.05, 0.1) is 14.8 Å². The van der Waals surface area contributed by atoms with Gasteiger partial charge in [-0.2, -0.15) is 4.37 Å². The highest BCUT2D eigenvalue weighted by atomic mass is 32.1. The SMILES string of the molecule is O=c1c2ccccc2sn1CCCN1CCN(c2nsc3ccccc23)CC1.